The predicted molar refractivity (Wildman–Crippen MR) is 122 cm³/mol. The maximum Gasteiger partial charge on any atom is 0.326 e. The zero-order valence-corrected chi connectivity index (χ0v) is 19.6. The molecule has 0 bridgehead atoms. The molecular formula is C19H33N5O9S. The van der Waals surface area contributed by atoms with Gasteiger partial charge in [0.1, 0.15) is 18.1 Å². The topological polar surface area (TPSA) is 251 Å². The lowest BCUT2D eigenvalue weighted by atomic mass is 10.1. The Balaban J connectivity index is 5.49. The van der Waals surface area contributed by atoms with Gasteiger partial charge in [-0.3, -0.25) is 24.0 Å². The van der Waals surface area contributed by atoms with E-state index in [0.717, 1.165) is 0 Å². The van der Waals surface area contributed by atoms with Crippen LogP contribution in [0, 0.1) is 0 Å². The Morgan fingerprint density at radius 1 is 0.765 bits per heavy atom. The fourth-order valence-electron chi connectivity index (χ4n) is 2.75. The van der Waals surface area contributed by atoms with E-state index >= 15 is 0 Å². The van der Waals surface area contributed by atoms with Crippen LogP contribution in [0.1, 0.15) is 38.5 Å². The molecule has 4 atom stereocenters. The van der Waals surface area contributed by atoms with E-state index in [0.29, 0.717) is 25.1 Å². The van der Waals surface area contributed by atoms with Crippen molar-refractivity contribution < 1.29 is 44.1 Å². The molecule has 0 aromatic heterocycles. The highest BCUT2D eigenvalue weighted by molar-refractivity contribution is 7.98. The van der Waals surface area contributed by atoms with E-state index in [1.807, 2.05) is 0 Å². The van der Waals surface area contributed by atoms with Crippen LogP contribution >= 0.6 is 11.8 Å². The van der Waals surface area contributed by atoms with Crippen molar-refractivity contribution in [1.29, 1.82) is 0 Å². The molecule has 0 radical (unpaired) electrons. The van der Waals surface area contributed by atoms with Crippen LogP contribution in [-0.4, -0.2) is 93.7 Å². The maximum atomic E-state index is 12.9. The molecule has 14 nitrogen and oxygen atoms in total. The molecule has 0 aliphatic carbocycles. The van der Waals surface area contributed by atoms with Crippen molar-refractivity contribution >= 4 is 47.4 Å². The van der Waals surface area contributed by atoms with Gasteiger partial charge in [0.05, 0.1) is 18.9 Å². The summed E-state index contributed by atoms with van der Waals surface area (Å²) in [7, 11) is 0. The van der Waals surface area contributed by atoms with E-state index in [4.69, 9.17) is 26.8 Å². The van der Waals surface area contributed by atoms with Crippen LogP contribution < -0.4 is 27.4 Å². The van der Waals surface area contributed by atoms with Crippen molar-refractivity contribution in [3.63, 3.8) is 0 Å². The standard InChI is InChI=1S/C19H33N5O9S/c1-34-7-5-12(18(31)24-13(19(32)33)9-15(27)28)23-17(30)11(4-2-3-6-20)22-16(29)10(21)8-14(25)26/h10-13H,2-9,20-21H2,1H3,(H,22,29)(H,23,30)(H,24,31)(H,25,26)(H,27,28)(H,32,33). The van der Waals surface area contributed by atoms with Gasteiger partial charge < -0.3 is 42.7 Å². The third kappa shape index (κ3) is 13.0. The molecule has 0 fully saturated rings. The maximum absolute atomic E-state index is 12.9. The van der Waals surface area contributed by atoms with Gasteiger partial charge >= 0.3 is 17.9 Å². The highest BCUT2D eigenvalue weighted by Gasteiger charge is 2.31. The number of thioether (sulfide) groups is 1. The molecule has 10 N–H and O–H groups in total. The Hall–Kier alpha value is -2.91. The first-order valence-electron chi connectivity index (χ1n) is 10.4. The smallest absolute Gasteiger partial charge is 0.326 e. The normalized spacial score (nSPS) is 14.2. The minimum atomic E-state index is -1.70. The van der Waals surface area contributed by atoms with Crippen LogP contribution in [0.3, 0.4) is 0 Å². The number of hydrogen-bond acceptors (Lipinski definition) is 9. The molecule has 4 unspecified atom stereocenters. The number of rotatable bonds is 18. The molecule has 0 rings (SSSR count). The van der Waals surface area contributed by atoms with Crippen LogP contribution in [0.15, 0.2) is 0 Å². The van der Waals surface area contributed by atoms with Crippen molar-refractivity contribution in [3.8, 4) is 0 Å². The molecule has 34 heavy (non-hydrogen) atoms. The van der Waals surface area contributed by atoms with Gasteiger partial charge in [-0.15, -0.1) is 0 Å². The van der Waals surface area contributed by atoms with Gasteiger partial charge in [-0.1, -0.05) is 0 Å². The van der Waals surface area contributed by atoms with Gasteiger partial charge in [-0.25, -0.2) is 4.79 Å². The number of amides is 3. The first kappa shape index (κ1) is 31.1. The van der Waals surface area contributed by atoms with Crippen LogP contribution in [0.5, 0.6) is 0 Å². The summed E-state index contributed by atoms with van der Waals surface area (Å²) in [6, 6.07) is -5.46. The van der Waals surface area contributed by atoms with Gasteiger partial charge in [0.15, 0.2) is 0 Å². The average molecular weight is 508 g/mol. The Labute approximate surface area is 200 Å². The number of unbranched alkanes of at least 4 members (excludes halogenated alkanes) is 1. The summed E-state index contributed by atoms with van der Waals surface area (Å²) in [6.45, 7) is 0.333. The number of hydrogen-bond donors (Lipinski definition) is 8. The molecule has 3 amide bonds. The molecule has 194 valence electrons. The number of carbonyl (C=O) groups is 6. The molecule has 0 aliphatic heterocycles. The summed E-state index contributed by atoms with van der Waals surface area (Å²) < 4.78 is 0. The Morgan fingerprint density at radius 2 is 1.26 bits per heavy atom. The molecule has 0 heterocycles. The number of carboxylic acid groups (broad SMARTS) is 3. The molecule has 0 aromatic rings. The Kier molecular flexibility index (Phi) is 15.2. The van der Waals surface area contributed by atoms with Gasteiger partial charge in [-0.05, 0) is 44.2 Å². The Bertz CT molecular complexity index is 737. The van der Waals surface area contributed by atoms with Gasteiger partial charge in [0.25, 0.3) is 0 Å². The molecule has 0 saturated heterocycles. The SMILES string of the molecule is CSCCC(NC(=O)C(CCCCN)NC(=O)C(N)CC(=O)O)C(=O)NC(CC(=O)O)C(=O)O. The molecule has 0 spiro atoms. The highest BCUT2D eigenvalue weighted by Crippen LogP contribution is 2.07. The van der Waals surface area contributed by atoms with Gasteiger partial charge in [-0.2, -0.15) is 11.8 Å². The number of nitrogens with two attached hydrogens (primary N) is 2. The van der Waals surface area contributed by atoms with E-state index in [9.17, 15) is 28.8 Å². The summed E-state index contributed by atoms with van der Waals surface area (Å²) in [5, 5.41) is 33.7. The lowest BCUT2D eigenvalue weighted by Crippen LogP contribution is -2.57. The molecule has 0 aliphatic rings. The van der Waals surface area contributed by atoms with E-state index in [1.54, 1.807) is 6.26 Å². The lowest BCUT2D eigenvalue weighted by molar-refractivity contribution is -0.147. The van der Waals surface area contributed by atoms with E-state index in [2.05, 4.69) is 16.0 Å². The minimum absolute atomic E-state index is 0.0974. The summed E-state index contributed by atoms with van der Waals surface area (Å²) in [5.41, 5.74) is 11.0. The third-order valence-electron chi connectivity index (χ3n) is 4.55. The van der Waals surface area contributed by atoms with E-state index < -0.39 is 72.6 Å². The van der Waals surface area contributed by atoms with E-state index in [-0.39, 0.29) is 12.8 Å². The van der Waals surface area contributed by atoms with Crippen LogP contribution in [-0.2, 0) is 28.8 Å². The second-order valence-electron chi connectivity index (χ2n) is 7.39. The Morgan fingerprint density at radius 3 is 1.74 bits per heavy atom. The van der Waals surface area contributed by atoms with Crippen molar-refractivity contribution in [1.82, 2.24) is 16.0 Å². The monoisotopic (exact) mass is 507 g/mol. The molecule has 15 heteroatoms. The number of aliphatic carboxylic acids is 3. The third-order valence-corrected chi connectivity index (χ3v) is 5.19. The minimum Gasteiger partial charge on any atom is -0.481 e. The summed E-state index contributed by atoms with van der Waals surface area (Å²) in [5.74, 6) is -6.40. The summed E-state index contributed by atoms with van der Waals surface area (Å²) >= 11 is 1.36. The van der Waals surface area contributed by atoms with Crippen LogP contribution in [0.4, 0.5) is 0 Å². The van der Waals surface area contributed by atoms with Crippen LogP contribution in [0.25, 0.3) is 0 Å². The van der Waals surface area contributed by atoms with Crippen molar-refractivity contribution in [2.24, 2.45) is 11.5 Å². The molecular weight excluding hydrogens is 474 g/mol. The number of carbonyl (C=O) groups excluding carboxylic acids is 3. The van der Waals surface area contributed by atoms with Crippen molar-refractivity contribution in [2.45, 2.75) is 62.7 Å². The zero-order chi connectivity index (χ0) is 26.3. The highest BCUT2D eigenvalue weighted by atomic mass is 32.2. The molecule has 0 saturated carbocycles. The quantitative estimate of drug-likeness (QED) is 0.0910. The van der Waals surface area contributed by atoms with Crippen LogP contribution in [0.2, 0.25) is 0 Å². The summed E-state index contributed by atoms with van der Waals surface area (Å²) in [6.07, 6.45) is 1.44. The molecule has 0 aromatic carbocycles. The zero-order valence-electron chi connectivity index (χ0n) is 18.8. The number of nitrogens with one attached hydrogen (secondary N) is 3. The van der Waals surface area contributed by atoms with Crippen molar-refractivity contribution in [3.05, 3.63) is 0 Å². The van der Waals surface area contributed by atoms with E-state index in [1.165, 1.54) is 11.8 Å². The fourth-order valence-corrected chi connectivity index (χ4v) is 3.22. The fraction of sp³-hybridized carbons (Fsp3) is 0.684. The first-order valence-corrected chi connectivity index (χ1v) is 11.8. The second kappa shape index (κ2) is 16.7. The van der Waals surface area contributed by atoms with Crippen molar-refractivity contribution in [2.75, 3.05) is 18.6 Å². The summed E-state index contributed by atoms with van der Waals surface area (Å²) in [4.78, 5) is 70.7. The predicted octanol–water partition coefficient (Wildman–Crippen LogP) is -2.32. The average Bonchev–Trinajstić information content (AvgIpc) is 2.74. The number of carboxylic acids is 3. The van der Waals surface area contributed by atoms with Gasteiger partial charge in [0, 0.05) is 0 Å². The first-order chi connectivity index (χ1) is 15.9. The lowest BCUT2D eigenvalue weighted by Gasteiger charge is -2.25. The largest absolute Gasteiger partial charge is 0.481 e. The second-order valence-corrected chi connectivity index (χ2v) is 8.38. The van der Waals surface area contributed by atoms with Gasteiger partial charge in [0.2, 0.25) is 17.7 Å².